The Morgan fingerprint density at radius 1 is 0.957 bits per heavy atom. The molecule has 0 saturated carbocycles. The number of carbonyl (C=O) groups is 1. The van der Waals surface area contributed by atoms with Gasteiger partial charge >= 0.3 is 0 Å². The number of nitrogen functional groups attached to an aromatic ring is 2. The van der Waals surface area contributed by atoms with E-state index in [9.17, 15) is 4.79 Å². The highest BCUT2D eigenvalue weighted by atomic mass is 32.1. The molecule has 6 heteroatoms. The Balaban J connectivity index is 0.000000345. The van der Waals surface area contributed by atoms with Gasteiger partial charge in [0.05, 0.1) is 0 Å². The molecular formula is C17H26N4OS. The SMILES string of the molecule is CN(C)c1ccc(N)cc1.NCCS.Nc1ccc(C=O)cc1. The van der Waals surface area contributed by atoms with Crippen molar-refractivity contribution in [1.82, 2.24) is 0 Å². The Kier molecular flexibility index (Phi) is 11.2. The number of rotatable bonds is 3. The molecule has 0 aliphatic heterocycles. The molecule has 5 nitrogen and oxygen atoms in total. The lowest BCUT2D eigenvalue weighted by molar-refractivity contribution is 0.112. The topological polar surface area (TPSA) is 98.4 Å². The third kappa shape index (κ3) is 10.2. The number of nitrogens with two attached hydrogens (primary N) is 3. The van der Waals surface area contributed by atoms with Crippen molar-refractivity contribution >= 4 is 36.0 Å². The molecule has 126 valence electrons. The Hall–Kier alpha value is -2.18. The van der Waals surface area contributed by atoms with E-state index >= 15 is 0 Å². The van der Waals surface area contributed by atoms with Gasteiger partial charge in [0.1, 0.15) is 6.29 Å². The van der Waals surface area contributed by atoms with Gasteiger partial charge in [-0.2, -0.15) is 12.6 Å². The summed E-state index contributed by atoms with van der Waals surface area (Å²) in [7, 11) is 4.01. The fraction of sp³-hybridized carbons (Fsp3) is 0.235. The molecular weight excluding hydrogens is 308 g/mol. The van der Waals surface area contributed by atoms with E-state index in [0.717, 1.165) is 17.7 Å². The second-order valence-corrected chi connectivity index (χ2v) is 5.23. The molecule has 0 aliphatic carbocycles. The third-order valence-corrected chi connectivity index (χ3v) is 2.87. The van der Waals surface area contributed by atoms with Gasteiger partial charge < -0.3 is 22.1 Å². The summed E-state index contributed by atoms with van der Waals surface area (Å²) in [6, 6.07) is 14.5. The summed E-state index contributed by atoms with van der Waals surface area (Å²) in [4.78, 5) is 12.1. The highest BCUT2D eigenvalue weighted by molar-refractivity contribution is 7.80. The van der Waals surface area contributed by atoms with Crippen LogP contribution in [0.1, 0.15) is 10.4 Å². The van der Waals surface area contributed by atoms with Gasteiger partial charge in [0.25, 0.3) is 0 Å². The van der Waals surface area contributed by atoms with Crippen LogP contribution < -0.4 is 22.1 Å². The average molecular weight is 334 g/mol. The summed E-state index contributed by atoms with van der Waals surface area (Å²) in [5, 5.41) is 0. The van der Waals surface area contributed by atoms with Crippen LogP contribution in [0.15, 0.2) is 48.5 Å². The van der Waals surface area contributed by atoms with Crippen LogP contribution in [0.2, 0.25) is 0 Å². The second-order valence-electron chi connectivity index (χ2n) is 4.78. The summed E-state index contributed by atoms with van der Waals surface area (Å²) in [6.07, 6.45) is 0.791. The molecule has 0 radical (unpaired) electrons. The molecule has 0 atom stereocenters. The van der Waals surface area contributed by atoms with Gasteiger partial charge in [0, 0.05) is 49.0 Å². The van der Waals surface area contributed by atoms with Crippen LogP contribution in [0, 0.1) is 0 Å². The number of anilines is 3. The van der Waals surface area contributed by atoms with Crippen molar-refractivity contribution in [2.24, 2.45) is 5.73 Å². The first-order valence-corrected chi connectivity index (χ1v) is 7.72. The Morgan fingerprint density at radius 3 is 1.65 bits per heavy atom. The molecule has 0 aliphatic rings. The highest BCUT2D eigenvalue weighted by Gasteiger charge is 1.91. The first-order chi connectivity index (χ1) is 10.9. The van der Waals surface area contributed by atoms with Gasteiger partial charge in [-0.05, 0) is 48.5 Å². The molecule has 0 saturated heterocycles. The van der Waals surface area contributed by atoms with Gasteiger partial charge in [-0.25, -0.2) is 0 Å². The van der Waals surface area contributed by atoms with E-state index in [2.05, 4.69) is 12.6 Å². The summed E-state index contributed by atoms with van der Waals surface area (Å²) >= 11 is 3.80. The number of hydrogen-bond donors (Lipinski definition) is 4. The van der Waals surface area contributed by atoms with Crippen LogP contribution in [0.5, 0.6) is 0 Å². The molecule has 6 N–H and O–H groups in total. The van der Waals surface area contributed by atoms with Crippen molar-refractivity contribution in [3.05, 3.63) is 54.1 Å². The molecule has 0 unspecified atom stereocenters. The quantitative estimate of drug-likeness (QED) is 0.392. The minimum atomic E-state index is 0.657. The monoisotopic (exact) mass is 334 g/mol. The molecule has 0 aromatic heterocycles. The smallest absolute Gasteiger partial charge is 0.150 e. The maximum absolute atomic E-state index is 10.1. The zero-order chi connectivity index (χ0) is 17.7. The van der Waals surface area contributed by atoms with E-state index in [1.54, 1.807) is 24.3 Å². The zero-order valence-electron chi connectivity index (χ0n) is 13.6. The van der Waals surface area contributed by atoms with Crippen molar-refractivity contribution in [3.8, 4) is 0 Å². The molecule has 2 aromatic carbocycles. The molecule has 0 spiro atoms. The van der Waals surface area contributed by atoms with E-state index in [-0.39, 0.29) is 0 Å². The summed E-state index contributed by atoms with van der Waals surface area (Å²) < 4.78 is 0. The zero-order valence-corrected chi connectivity index (χ0v) is 14.5. The second kappa shape index (κ2) is 12.4. The maximum atomic E-state index is 10.1. The van der Waals surface area contributed by atoms with Crippen molar-refractivity contribution in [3.63, 3.8) is 0 Å². The van der Waals surface area contributed by atoms with Gasteiger partial charge in [-0.3, -0.25) is 4.79 Å². The Labute approximate surface area is 143 Å². The van der Waals surface area contributed by atoms with E-state index < -0.39 is 0 Å². The molecule has 0 amide bonds. The number of benzene rings is 2. The van der Waals surface area contributed by atoms with E-state index in [1.807, 2.05) is 43.3 Å². The number of aldehydes is 1. The lowest BCUT2D eigenvalue weighted by Gasteiger charge is -2.11. The third-order valence-electron chi connectivity index (χ3n) is 2.61. The van der Waals surface area contributed by atoms with Crippen molar-refractivity contribution < 1.29 is 4.79 Å². The van der Waals surface area contributed by atoms with Crippen molar-refractivity contribution in [1.29, 1.82) is 0 Å². The molecule has 23 heavy (non-hydrogen) atoms. The lowest BCUT2D eigenvalue weighted by atomic mass is 10.2. The van der Waals surface area contributed by atoms with Gasteiger partial charge in [0.15, 0.2) is 0 Å². The largest absolute Gasteiger partial charge is 0.399 e. The predicted molar refractivity (Wildman–Crippen MR) is 104 cm³/mol. The van der Waals surface area contributed by atoms with Crippen molar-refractivity contribution in [2.45, 2.75) is 0 Å². The molecule has 0 heterocycles. The number of nitrogens with zero attached hydrogens (tertiary/aromatic N) is 1. The van der Waals surface area contributed by atoms with E-state index in [1.165, 1.54) is 5.69 Å². The minimum Gasteiger partial charge on any atom is -0.399 e. The number of carbonyl (C=O) groups excluding carboxylic acids is 1. The van der Waals surface area contributed by atoms with E-state index in [4.69, 9.17) is 17.2 Å². The Morgan fingerprint density at radius 2 is 1.35 bits per heavy atom. The predicted octanol–water partition coefficient (Wildman–Crippen LogP) is 2.29. The number of hydrogen-bond acceptors (Lipinski definition) is 6. The molecule has 2 aromatic rings. The maximum Gasteiger partial charge on any atom is 0.150 e. The summed E-state index contributed by atoms with van der Waals surface area (Å²) in [5.74, 6) is 0.792. The van der Waals surface area contributed by atoms with Crippen LogP contribution in [-0.4, -0.2) is 32.7 Å². The first-order valence-electron chi connectivity index (χ1n) is 7.09. The summed E-state index contributed by atoms with van der Waals surface area (Å²) in [6.45, 7) is 0.684. The van der Waals surface area contributed by atoms with Gasteiger partial charge in [-0.1, -0.05) is 0 Å². The lowest BCUT2D eigenvalue weighted by Crippen LogP contribution is -2.08. The summed E-state index contributed by atoms with van der Waals surface area (Å²) in [5.41, 5.74) is 19.1. The van der Waals surface area contributed by atoms with Crippen LogP contribution >= 0.6 is 12.6 Å². The molecule has 0 fully saturated rings. The standard InChI is InChI=1S/C8H12N2.C7H7NO.C2H7NS/c1-10(2)8-5-3-7(9)4-6-8;8-7-3-1-6(5-9)2-4-7;3-1-2-4/h3-6H,9H2,1-2H3;1-5H,8H2;4H,1-3H2. The van der Waals surface area contributed by atoms with E-state index in [0.29, 0.717) is 17.8 Å². The fourth-order valence-electron chi connectivity index (χ4n) is 1.35. The molecule has 2 rings (SSSR count). The number of thiol groups is 1. The normalized spacial score (nSPS) is 8.87. The highest BCUT2D eigenvalue weighted by Crippen LogP contribution is 2.12. The van der Waals surface area contributed by atoms with Crippen LogP contribution in [0.25, 0.3) is 0 Å². The van der Waals surface area contributed by atoms with Gasteiger partial charge in [0.2, 0.25) is 0 Å². The average Bonchev–Trinajstić information content (AvgIpc) is 2.57. The van der Waals surface area contributed by atoms with Crippen LogP contribution in [-0.2, 0) is 0 Å². The first kappa shape index (κ1) is 20.8. The van der Waals surface area contributed by atoms with Crippen LogP contribution in [0.4, 0.5) is 17.1 Å². The Bertz CT molecular complexity index is 540. The fourth-order valence-corrected chi connectivity index (χ4v) is 1.35. The minimum absolute atomic E-state index is 0.657. The van der Waals surface area contributed by atoms with Crippen molar-refractivity contribution in [2.75, 3.05) is 42.8 Å². The molecule has 0 bridgehead atoms. The van der Waals surface area contributed by atoms with Crippen LogP contribution in [0.3, 0.4) is 0 Å². The van der Waals surface area contributed by atoms with Gasteiger partial charge in [-0.15, -0.1) is 0 Å².